The minimum atomic E-state index is -0.599. The molecule has 158 valence electrons. The Hall–Kier alpha value is -3.38. The van der Waals surface area contributed by atoms with E-state index in [0.29, 0.717) is 17.6 Å². The number of aryl methyl sites for hydroxylation is 1. The van der Waals surface area contributed by atoms with Crippen molar-refractivity contribution >= 4 is 10.8 Å². The van der Waals surface area contributed by atoms with Crippen LogP contribution in [-0.2, 0) is 13.2 Å². The van der Waals surface area contributed by atoms with E-state index in [9.17, 15) is 13.6 Å². The lowest BCUT2D eigenvalue weighted by Gasteiger charge is -2.22. The van der Waals surface area contributed by atoms with E-state index >= 15 is 0 Å². The highest BCUT2D eigenvalue weighted by atomic mass is 19.1. The Morgan fingerprint density at radius 2 is 1.55 bits per heavy atom. The number of nitrogens with zero attached hydrogens (tertiary/aromatic N) is 3. The smallest absolute Gasteiger partial charge is 0.275 e. The molecule has 4 rings (SSSR count). The van der Waals surface area contributed by atoms with Gasteiger partial charge >= 0.3 is 0 Å². The van der Waals surface area contributed by atoms with Gasteiger partial charge in [0.15, 0.2) is 0 Å². The number of fused-ring (bicyclic) bond motifs is 1. The molecule has 0 amide bonds. The van der Waals surface area contributed by atoms with Gasteiger partial charge in [0.25, 0.3) is 5.56 Å². The molecule has 0 radical (unpaired) electrons. The van der Waals surface area contributed by atoms with Gasteiger partial charge in [-0.3, -0.25) is 9.69 Å². The molecule has 6 heteroatoms. The minimum absolute atomic E-state index is 0.0167. The molecule has 1 aromatic heterocycles. The monoisotopic (exact) mass is 419 g/mol. The van der Waals surface area contributed by atoms with Gasteiger partial charge in [-0.05, 0) is 31.7 Å². The predicted octanol–water partition coefficient (Wildman–Crippen LogP) is 5.13. The first-order valence-electron chi connectivity index (χ1n) is 10.2. The van der Waals surface area contributed by atoms with E-state index < -0.39 is 11.6 Å². The lowest BCUT2D eigenvalue weighted by molar-refractivity contribution is 0.200. The molecule has 0 bridgehead atoms. The topological polar surface area (TPSA) is 38.1 Å². The Labute approximate surface area is 179 Å². The second-order valence-corrected chi connectivity index (χ2v) is 7.55. The second-order valence-electron chi connectivity index (χ2n) is 7.55. The Morgan fingerprint density at radius 3 is 2.19 bits per heavy atom. The van der Waals surface area contributed by atoms with Gasteiger partial charge in [-0.2, -0.15) is 5.10 Å². The highest BCUT2D eigenvalue weighted by molar-refractivity contribution is 5.93. The first kappa shape index (κ1) is 20.9. The van der Waals surface area contributed by atoms with Crippen molar-refractivity contribution in [2.24, 2.45) is 0 Å². The van der Waals surface area contributed by atoms with Crippen molar-refractivity contribution in [3.8, 4) is 11.3 Å². The molecule has 0 aliphatic heterocycles. The van der Waals surface area contributed by atoms with Gasteiger partial charge in [-0.15, -0.1) is 0 Å². The van der Waals surface area contributed by atoms with Crippen molar-refractivity contribution < 1.29 is 8.78 Å². The van der Waals surface area contributed by atoms with Crippen LogP contribution in [0.1, 0.15) is 18.1 Å². The normalized spacial score (nSPS) is 11.4. The quantitative estimate of drug-likeness (QED) is 0.435. The maximum atomic E-state index is 14.1. The molecule has 0 saturated carbocycles. The molecule has 0 spiro atoms. The van der Waals surface area contributed by atoms with Gasteiger partial charge in [0.1, 0.15) is 11.6 Å². The summed E-state index contributed by atoms with van der Waals surface area (Å²) >= 11 is 0. The number of benzene rings is 3. The Balaban J connectivity index is 1.77. The second kappa shape index (κ2) is 8.78. The van der Waals surface area contributed by atoms with Crippen molar-refractivity contribution in [2.75, 3.05) is 6.54 Å². The van der Waals surface area contributed by atoms with Crippen LogP contribution in [0.2, 0.25) is 0 Å². The maximum Gasteiger partial charge on any atom is 0.275 e. The molecule has 31 heavy (non-hydrogen) atoms. The van der Waals surface area contributed by atoms with Gasteiger partial charge in [0.2, 0.25) is 0 Å². The van der Waals surface area contributed by atoms with Crippen LogP contribution in [0, 0.1) is 18.6 Å². The molecule has 4 nitrogen and oxygen atoms in total. The summed E-state index contributed by atoms with van der Waals surface area (Å²) in [6.45, 7) is 4.54. The Morgan fingerprint density at radius 1 is 0.903 bits per heavy atom. The average Bonchev–Trinajstić information content (AvgIpc) is 2.78. The van der Waals surface area contributed by atoms with E-state index in [1.54, 1.807) is 11.0 Å². The fraction of sp³-hybridized carbons (Fsp3) is 0.200. The Bertz CT molecular complexity index is 1260. The Kier molecular flexibility index (Phi) is 5.91. The fourth-order valence-electron chi connectivity index (χ4n) is 3.61. The standard InChI is InChI=1S/C25H23F2N3O/c1-3-29(15-21-22(26)9-6-10-23(21)27)16-30-25(31)20-8-5-4-7-19(20)24(28-30)18-13-11-17(2)12-14-18/h4-14H,3,15-16H2,1-2H3. The van der Waals surface area contributed by atoms with Crippen molar-refractivity contribution in [2.45, 2.75) is 27.1 Å². The summed E-state index contributed by atoms with van der Waals surface area (Å²) in [4.78, 5) is 14.9. The largest absolute Gasteiger partial charge is 0.280 e. The molecule has 4 aromatic rings. The van der Waals surface area contributed by atoms with Crippen molar-refractivity contribution in [1.82, 2.24) is 14.7 Å². The highest BCUT2D eigenvalue weighted by Gasteiger charge is 2.16. The number of halogens is 2. The van der Waals surface area contributed by atoms with Gasteiger partial charge in [-0.25, -0.2) is 13.5 Å². The summed E-state index contributed by atoms with van der Waals surface area (Å²) < 4.78 is 29.7. The van der Waals surface area contributed by atoms with E-state index in [2.05, 4.69) is 5.10 Å². The SMILES string of the molecule is CCN(Cc1c(F)cccc1F)Cn1nc(-c2ccc(C)cc2)c2ccccc2c1=O. The minimum Gasteiger partial charge on any atom is -0.280 e. The summed E-state index contributed by atoms with van der Waals surface area (Å²) in [5, 5.41) is 5.98. The lowest BCUT2D eigenvalue weighted by atomic mass is 10.0. The average molecular weight is 419 g/mol. The van der Waals surface area contributed by atoms with Crippen molar-refractivity contribution in [3.05, 3.63) is 99.8 Å². The first-order chi connectivity index (χ1) is 15.0. The first-order valence-corrected chi connectivity index (χ1v) is 10.2. The van der Waals surface area contributed by atoms with Crippen LogP contribution in [-0.4, -0.2) is 21.2 Å². The van der Waals surface area contributed by atoms with Crippen LogP contribution in [0.25, 0.3) is 22.0 Å². The highest BCUT2D eigenvalue weighted by Crippen LogP contribution is 2.25. The zero-order valence-corrected chi connectivity index (χ0v) is 17.5. The summed E-state index contributed by atoms with van der Waals surface area (Å²) in [6.07, 6.45) is 0. The number of hydrogen-bond acceptors (Lipinski definition) is 3. The summed E-state index contributed by atoms with van der Waals surface area (Å²) in [5.41, 5.74) is 2.48. The maximum absolute atomic E-state index is 14.1. The van der Waals surface area contributed by atoms with Gasteiger partial charge in [-0.1, -0.05) is 61.0 Å². The number of rotatable bonds is 6. The van der Waals surface area contributed by atoms with Gasteiger partial charge in [0, 0.05) is 23.1 Å². The number of hydrogen-bond donors (Lipinski definition) is 0. The van der Waals surface area contributed by atoms with Crippen LogP contribution in [0.5, 0.6) is 0 Å². The molecular weight excluding hydrogens is 396 g/mol. The summed E-state index contributed by atoms with van der Waals surface area (Å²) in [6, 6.07) is 19.1. The van der Waals surface area contributed by atoms with Crippen LogP contribution in [0.4, 0.5) is 8.78 Å². The molecule has 0 aliphatic rings. The zero-order valence-electron chi connectivity index (χ0n) is 17.5. The third-order valence-corrected chi connectivity index (χ3v) is 5.42. The van der Waals surface area contributed by atoms with E-state index in [1.807, 2.05) is 56.3 Å². The van der Waals surface area contributed by atoms with Crippen LogP contribution in [0.15, 0.2) is 71.5 Å². The summed E-state index contributed by atoms with van der Waals surface area (Å²) in [7, 11) is 0. The zero-order chi connectivity index (χ0) is 22.0. The fourth-order valence-corrected chi connectivity index (χ4v) is 3.61. The third-order valence-electron chi connectivity index (χ3n) is 5.42. The van der Waals surface area contributed by atoms with Crippen molar-refractivity contribution in [1.29, 1.82) is 0 Å². The molecule has 0 fully saturated rings. The number of aromatic nitrogens is 2. The van der Waals surface area contributed by atoms with Gasteiger partial charge in [0.05, 0.1) is 17.7 Å². The van der Waals surface area contributed by atoms with E-state index in [1.165, 1.54) is 22.9 Å². The molecule has 0 atom stereocenters. The molecule has 1 heterocycles. The third kappa shape index (κ3) is 4.25. The predicted molar refractivity (Wildman–Crippen MR) is 119 cm³/mol. The molecule has 0 aliphatic carbocycles. The lowest BCUT2D eigenvalue weighted by Crippen LogP contribution is -2.34. The van der Waals surface area contributed by atoms with Crippen molar-refractivity contribution in [3.63, 3.8) is 0 Å². The van der Waals surface area contributed by atoms with Crippen LogP contribution >= 0.6 is 0 Å². The van der Waals surface area contributed by atoms with E-state index in [0.717, 1.165) is 16.5 Å². The molecule has 3 aromatic carbocycles. The van der Waals surface area contributed by atoms with E-state index in [-0.39, 0.29) is 24.3 Å². The molecule has 0 unspecified atom stereocenters. The van der Waals surface area contributed by atoms with Gasteiger partial charge < -0.3 is 0 Å². The van der Waals surface area contributed by atoms with Crippen LogP contribution < -0.4 is 5.56 Å². The molecule has 0 N–H and O–H groups in total. The van der Waals surface area contributed by atoms with Crippen LogP contribution in [0.3, 0.4) is 0 Å². The van der Waals surface area contributed by atoms with E-state index in [4.69, 9.17) is 0 Å². The molecular formula is C25H23F2N3O. The summed E-state index contributed by atoms with van der Waals surface area (Å²) in [5.74, 6) is -1.20. The molecule has 0 saturated heterocycles.